The third-order valence-electron chi connectivity index (χ3n) is 0.993. The molecule has 0 amide bonds. The summed E-state index contributed by atoms with van der Waals surface area (Å²) in [6.07, 6.45) is 3.42. The van der Waals surface area contributed by atoms with Crippen molar-refractivity contribution in [3.8, 4) is 0 Å². The van der Waals surface area contributed by atoms with E-state index in [-0.39, 0.29) is 6.10 Å². The van der Waals surface area contributed by atoms with Gasteiger partial charge in [0.25, 0.3) is 0 Å². The summed E-state index contributed by atoms with van der Waals surface area (Å²) in [5.41, 5.74) is 0. The molecular formula is C5H9O2S-. The predicted octanol–water partition coefficient (Wildman–Crippen LogP) is 1.23. The predicted molar refractivity (Wildman–Crippen MR) is 33.3 cm³/mol. The highest BCUT2D eigenvalue weighted by atomic mass is 32.2. The van der Waals surface area contributed by atoms with E-state index in [1.54, 1.807) is 6.61 Å². The van der Waals surface area contributed by atoms with Crippen molar-refractivity contribution in [3.63, 3.8) is 0 Å². The van der Waals surface area contributed by atoms with Gasteiger partial charge in [0.1, 0.15) is 0 Å². The highest BCUT2D eigenvalue weighted by Gasteiger charge is 2.06. The second-order valence-corrected chi connectivity index (χ2v) is 2.63. The van der Waals surface area contributed by atoms with E-state index in [0.29, 0.717) is 0 Å². The molecule has 3 heteroatoms. The first-order chi connectivity index (χ1) is 3.93. The molecule has 0 saturated carbocycles. The van der Waals surface area contributed by atoms with Crippen LogP contribution in [0.25, 0.3) is 0 Å². The van der Waals surface area contributed by atoms with Crippen LogP contribution in [-0.2, 0) is 9.78 Å². The minimum atomic E-state index is 0.266. The van der Waals surface area contributed by atoms with E-state index >= 15 is 0 Å². The first kappa shape index (κ1) is 6.39. The molecule has 0 aliphatic carbocycles. The van der Waals surface area contributed by atoms with Crippen LogP contribution in [0.5, 0.6) is 0 Å². The maximum absolute atomic E-state index is 4.66. The van der Waals surface area contributed by atoms with Crippen molar-refractivity contribution in [1.82, 2.24) is 0 Å². The second kappa shape index (κ2) is 3.33. The Morgan fingerprint density at radius 1 is 1.75 bits per heavy atom. The lowest BCUT2D eigenvalue weighted by molar-refractivity contribution is -0.385. The molecule has 1 aliphatic heterocycles. The Balaban J connectivity index is 1.86. The SMILES string of the molecule is CSCCC1[CH-]OO1. The van der Waals surface area contributed by atoms with E-state index in [4.69, 9.17) is 0 Å². The van der Waals surface area contributed by atoms with E-state index in [2.05, 4.69) is 16.0 Å². The minimum Gasteiger partial charge on any atom is -0.413 e. The molecule has 0 aromatic rings. The lowest BCUT2D eigenvalue weighted by Crippen LogP contribution is -2.25. The van der Waals surface area contributed by atoms with Gasteiger partial charge in [-0.05, 0) is 24.5 Å². The van der Waals surface area contributed by atoms with Crippen LogP contribution in [0, 0.1) is 6.61 Å². The van der Waals surface area contributed by atoms with Crippen LogP contribution in [-0.4, -0.2) is 18.1 Å². The van der Waals surface area contributed by atoms with E-state index in [9.17, 15) is 0 Å². The number of hydrogen-bond acceptors (Lipinski definition) is 3. The zero-order valence-corrected chi connectivity index (χ0v) is 5.61. The van der Waals surface area contributed by atoms with Crippen LogP contribution >= 0.6 is 11.8 Å². The van der Waals surface area contributed by atoms with Crippen LogP contribution in [0.2, 0.25) is 0 Å². The summed E-state index contributed by atoms with van der Waals surface area (Å²) in [6.45, 7) is 1.72. The average molecular weight is 133 g/mol. The van der Waals surface area contributed by atoms with Crippen LogP contribution < -0.4 is 0 Å². The number of thioether (sulfide) groups is 1. The van der Waals surface area contributed by atoms with Crippen molar-refractivity contribution in [2.45, 2.75) is 12.5 Å². The molecule has 0 radical (unpaired) electrons. The Bertz CT molecular complexity index is 63.4. The summed E-state index contributed by atoms with van der Waals surface area (Å²) in [4.78, 5) is 9.06. The Morgan fingerprint density at radius 3 is 2.88 bits per heavy atom. The fraction of sp³-hybridized carbons (Fsp3) is 0.800. The first-order valence-electron chi connectivity index (χ1n) is 2.58. The summed E-state index contributed by atoms with van der Waals surface area (Å²) in [5, 5.41) is 0. The monoisotopic (exact) mass is 133 g/mol. The van der Waals surface area contributed by atoms with Gasteiger partial charge in [0.2, 0.25) is 0 Å². The smallest absolute Gasteiger partial charge is 0.00641 e. The molecule has 0 N–H and O–H groups in total. The first-order valence-corrected chi connectivity index (χ1v) is 3.97. The van der Waals surface area contributed by atoms with Gasteiger partial charge < -0.3 is 4.89 Å². The van der Waals surface area contributed by atoms with Crippen molar-refractivity contribution < 1.29 is 9.78 Å². The maximum Gasteiger partial charge on any atom is -0.00641 e. The van der Waals surface area contributed by atoms with Crippen molar-refractivity contribution >= 4 is 11.8 Å². The maximum atomic E-state index is 4.66. The van der Waals surface area contributed by atoms with Gasteiger partial charge in [-0.2, -0.15) is 11.8 Å². The van der Waals surface area contributed by atoms with Gasteiger partial charge in [0, 0.05) is 0 Å². The van der Waals surface area contributed by atoms with Crippen LogP contribution in [0.15, 0.2) is 0 Å². The third kappa shape index (κ3) is 1.65. The van der Waals surface area contributed by atoms with Crippen LogP contribution in [0.3, 0.4) is 0 Å². The highest BCUT2D eigenvalue weighted by molar-refractivity contribution is 7.98. The van der Waals surface area contributed by atoms with Crippen molar-refractivity contribution in [2.75, 3.05) is 12.0 Å². The molecule has 0 spiro atoms. The molecular weight excluding hydrogens is 124 g/mol. The third-order valence-corrected chi connectivity index (χ3v) is 1.64. The Kier molecular flexibility index (Phi) is 2.66. The Labute approximate surface area is 53.5 Å². The molecule has 0 aromatic carbocycles. The molecule has 1 rings (SSSR count). The largest absolute Gasteiger partial charge is 0.413 e. The van der Waals surface area contributed by atoms with E-state index in [0.717, 1.165) is 12.2 Å². The van der Waals surface area contributed by atoms with E-state index in [1.807, 2.05) is 11.8 Å². The quantitative estimate of drug-likeness (QED) is 0.426. The van der Waals surface area contributed by atoms with Gasteiger partial charge in [-0.3, -0.25) is 4.89 Å². The summed E-state index contributed by atoms with van der Waals surface area (Å²) in [6, 6.07) is 0. The van der Waals surface area contributed by atoms with Crippen LogP contribution in [0.1, 0.15) is 6.42 Å². The standard InChI is InChI=1S/C5H9O2S/c1-8-3-2-5-4-6-7-5/h4-5H,2-3H2,1H3/q-1. The fourth-order valence-electron chi connectivity index (χ4n) is 0.484. The van der Waals surface area contributed by atoms with Crippen molar-refractivity contribution in [3.05, 3.63) is 6.61 Å². The average Bonchev–Trinajstić information content (AvgIpc) is 1.63. The molecule has 1 fully saturated rings. The normalized spacial score (nSPS) is 27.4. The second-order valence-electron chi connectivity index (χ2n) is 1.65. The van der Waals surface area contributed by atoms with E-state index in [1.165, 1.54) is 0 Å². The molecule has 0 aromatic heterocycles. The molecule has 48 valence electrons. The molecule has 1 unspecified atom stereocenters. The lowest BCUT2D eigenvalue weighted by Gasteiger charge is -2.36. The molecule has 1 aliphatic rings. The fourth-order valence-corrected chi connectivity index (χ4v) is 0.952. The number of hydrogen-bond donors (Lipinski definition) is 0. The van der Waals surface area contributed by atoms with Crippen molar-refractivity contribution in [2.24, 2.45) is 0 Å². The zero-order chi connectivity index (χ0) is 5.82. The molecule has 8 heavy (non-hydrogen) atoms. The minimum absolute atomic E-state index is 0.266. The topological polar surface area (TPSA) is 18.5 Å². The van der Waals surface area contributed by atoms with Crippen molar-refractivity contribution in [1.29, 1.82) is 0 Å². The summed E-state index contributed by atoms with van der Waals surface area (Å²) in [7, 11) is 0. The summed E-state index contributed by atoms with van der Waals surface area (Å²) in [5.74, 6) is 1.14. The van der Waals surface area contributed by atoms with Gasteiger partial charge in [-0.25, -0.2) is 0 Å². The summed E-state index contributed by atoms with van der Waals surface area (Å²) >= 11 is 1.82. The van der Waals surface area contributed by atoms with Gasteiger partial charge in [-0.1, -0.05) is 0 Å². The Hall–Kier alpha value is 0.270. The van der Waals surface area contributed by atoms with Gasteiger partial charge in [0.15, 0.2) is 0 Å². The van der Waals surface area contributed by atoms with Crippen LogP contribution in [0.4, 0.5) is 0 Å². The molecule has 2 nitrogen and oxygen atoms in total. The van der Waals surface area contributed by atoms with Gasteiger partial charge in [0.05, 0.1) is 0 Å². The molecule has 1 saturated heterocycles. The molecule has 1 heterocycles. The molecule has 1 atom stereocenters. The lowest BCUT2D eigenvalue weighted by atomic mass is 10.3. The highest BCUT2D eigenvalue weighted by Crippen LogP contribution is 2.16. The summed E-state index contributed by atoms with van der Waals surface area (Å²) < 4.78 is 0. The van der Waals surface area contributed by atoms with Gasteiger partial charge in [-0.15, -0.1) is 6.61 Å². The van der Waals surface area contributed by atoms with E-state index < -0.39 is 0 Å². The number of rotatable bonds is 3. The zero-order valence-electron chi connectivity index (χ0n) is 4.79. The molecule has 0 bridgehead atoms. The Morgan fingerprint density at radius 2 is 2.50 bits per heavy atom. The van der Waals surface area contributed by atoms with Gasteiger partial charge >= 0.3 is 0 Å².